The number of hydrogen-bond acceptors (Lipinski definition) is 3. The van der Waals surface area contributed by atoms with Gasteiger partial charge in [-0.15, -0.1) is 0 Å². The quantitative estimate of drug-likeness (QED) is 0.881. The fourth-order valence-corrected chi connectivity index (χ4v) is 1.90. The Bertz CT molecular complexity index is 555. The molecule has 0 spiro atoms. The van der Waals surface area contributed by atoms with E-state index >= 15 is 0 Å². The molecule has 20 heavy (non-hydrogen) atoms. The van der Waals surface area contributed by atoms with E-state index in [9.17, 15) is 4.39 Å². The van der Waals surface area contributed by atoms with E-state index in [1.54, 1.807) is 7.11 Å². The van der Waals surface area contributed by atoms with Crippen LogP contribution in [0.25, 0.3) is 0 Å². The van der Waals surface area contributed by atoms with Crippen molar-refractivity contribution in [1.82, 2.24) is 0 Å². The lowest BCUT2D eigenvalue weighted by molar-refractivity contribution is 0.304. The number of hydrogen-bond donors (Lipinski definition) is 1. The minimum Gasteiger partial charge on any atom is -0.497 e. The van der Waals surface area contributed by atoms with Crippen LogP contribution in [0.1, 0.15) is 11.1 Å². The maximum atomic E-state index is 13.4. The lowest BCUT2D eigenvalue weighted by Crippen LogP contribution is -2.03. The molecule has 0 unspecified atom stereocenters. The van der Waals surface area contributed by atoms with Gasteiger partial charge in [0.2, 0.25) is 0 Å². The van der Waals surface area contributed by atoms with Crippen LogP contribution in [0.4, 0.5) is 4.39 Å². The molecule has 0 aliphatic heterocycles. The van der Waals surface area contributed by atoms with Crippen molar-refractivity contribution in [1.29, 1.82) is 0 Å². The largest absolute Gasteiger partial charge is 0.497 e. The molecule has 2 N–H and O–H groups in total. The second-order valence-electron chi connectivity index (χ2n) is 4.47. The highest BCUT2D eigenvalue weighted by molar-refractivity contribution is 5.31. The number of benzene rings is 2. The maximum absolute atomic E-state index is 13.4. The molecule has 0 heterocycles. The first-order valence-electron chi connectivity index (χ1n) is 6.46. The van der Waals surface area contributed by atoms with Crippen molar-refractivity contribution in [2.45, 2.75) is 13.0 Å². The summed E-state index contributed by atoms with van der Waals surface area (Å²) in [5.41, 5.74) is 7.32. The van der Waals surface area contributed by atoms with Gasteiger partial charge in [-0.05, 0) is 48.4 Å². The van der Waals surface area contributed by atoms with Gasteiger partial charge in [0.25, 0.3) is 0 Å². The molecule has 2 aromatic rings. The molecule has 0 aliphatic carbocycles. The Kier molecular flexibility index (Phi) is 4.96. The topological polar surface area (TPSA) is 44.5 Å². The Morgan fingerprint density at radius 1 is 1.00 bits per heavy atom. The Balaban J connectivity index is 2.02. The third-order valence-corrected chi connectivity index (χ3v) is 2.93. The van der Waals surface area contributed by atoms with E-state index in [4.69, 9.17) is 15.2 Å². The van der Waals surface area contributed by atoms with Crippen LogP contribution < -0.4 is 15.2 Å². The molecule has 0 saturated carbocycles. The van der Waals surface area contributed by atoms with E-state index in [2.05, 4.69) is 0 Å². The highest BCUT2D eigenvalue weighted by Gasteiger charge is 2.02. The molecule has 0 bridgehead atoms. The van der Waals surface area contributed by atoms with Crippen molar-refractivity contribution >= 4 is 0 Å². The Morgan fingerprint density at radius 2 is 1.75 bits per heavy atom. The number of methoxy groups -OCH3 is 1. The number of ether oxygens (including phenoxy) is 2. The Labute approximate surface area is 118 Å². The van der Waals surface area contributed by atoms with Gasteiger partial charge in [0.15, 0.2) is 0 Å². The standard InChI is InChI=1S/C16H18FNO2/c1-19-15-4-2-12(3-5-15)11-20-16-9-13(6-7-18)8-14(17)10-16/h2-5,8-10H,6-7,11,18H2,1H3. The number of halogens is 1. The highest BCUT2D eigenvalue weighted by atomic mass is 19.1. The van der Waals surface area contributed by atoms with Gasteiger partial charge >= 0.3 is 0 Å². The summed E-state index contributed by atoms with van der Waals surface area (Å²) in [4.78, 5) is 0. The van der Waals surface area contributed by atoms with E-state index in [1.165, 1.54) is 12.1 Å². The summed E-state index contributed by atoms with van der Waals surface area (Å²) in [6.07, 6.45) is 0.636. The van der Waals surface area contributed by atoms with Crippen LogP contribution in [0.3, 0.4) is 0 Å². The van der Waals surface area contributed by atoms with E-state index < -0.39 is 0 Å². The van der Waals surface area contributed by atoms with Crippen LogP contribution in [0, 0.1) is 5.82 Å². The third-order valence-electron chi connectivity index (χ3n) is 2.93. The summed E-state index contributed by atoms with van der Waals surface area (Å²) in [6, 6.07) is 12.2. The maximum Gasteiger partial charge on any atom is 0.127 e. The minimum atomic E-state index is -0.305. The molecule has 106 valence electrons. The zero-order valence-electron chi connectivity index (χ0n) is 11.4. The Hall–Kier alpha value is -2.07. The molecule has 2 rings (SSSR count). The first-order valence-corrected chi connectivity index (χ1v) is 6.46. The highest BCUT2D eigenvalue weighted by Crippen LogP contribution is 2.19. The summed E-state index contributed by atoms with van der Waals surface area (Å²) in [7, 11) is 1.62. The van der Waals surface area contributed by atoms with E-state index in [1.807, 2.05) is 30.3 Å². The normalized spacial score (nSPS) is 10.3. The fourth-order valence-electron chi connectivity index (χ4n) is 1.90. The first kappa shape index (κ1) is 14.3. The zero-order valence-corrected chi connectivity index (χ0v) is 11.4. The first-order chi connectivity index (χ1) is 9.71. The van der Waals surface area contributed by atoms with Gasteiger partial charge in [-0.1, -0.05) is 12.1 Å². The van der Waals surface area contributed by atoms with Crippen molar-refractivity contribution in [2.75, 3.05) is 13.7 Å². The summed E-state index contributed by atoms with van der Waals surface area (Å²) in [5.74, 6) is 1.01. The van der Waals surface area contributed by atoms with Crippen LogP contribution in [-0.2, 0) is 13.0 Å². The van der Waals surface area contributed by atoms with Crippen molar-refractivity contribution < 1.29 is 13.9 Å². The molecule has 0 atom stereocenters. The lowest BCUT2D eigenvalue weighted by atomic mass is 10.1. The summed E-state index contributed by atoms with van der Waals surface area (Å²) >= 11 is 0. The summed E-state index contributed by atoms with van der Waals surface area (Å²) < 4.78 is 24.1. The fraction of sp³-hybridized carbons (Fsp3) is 0.250. The van der Waals surface area contributed by atoms with Crippen LogP contribution in [-0.4, -0.2) is 13.7 Å². The van der Waals surface area contributed by atoms with Crippen LogP contribution >= 0.6 is 0 Å². The smallest absolute Gasteiger partial charge is 0.127 e. The van der Waals surface area contributed by atoms with Gasteiger partial charge < -0.3 is 15.2 Å². The number of nitrogens with two attached hydrogens (primary N) is 1. The second kappa shape index (κ2) is 6.91. The minimum absolute atomic E-state index is 0.305. The average molecular weight is 275 g/mol. The zero-order chi connectivity index (χ0) is 14.4. The molecule has 0 aromatic heterocycles. The van der Waals surface area contributed by atoms with Gasteiger partial charge in [0.05, 0.1) is 7.11 Å². The number of rotatable bonds is 6. The molecule has 0 fully saturated rings. The molecule has 3 nitrogen and oxygen atoms in total. The lowest BCUT2D eigenvalue weighted by Gasteiger charge is -2.09. The van der Waals surface area contributed by atoms with Crippen molar-refractivity contribution in [3.63, 3.8) is 0 Å². The SMILES string of the molecule is COc1ccc(COc2cc(F)cc(CCN)c2)cc1. The van der Waals surface area contributed by atoms with Gasteiger partial charge in [-0.3, -0.25) is 0 Å². The van der Waals surface area contributed by atoms with Crippen molar-refractivity contribution in [3.05, 3.63) is 59.4 Å². The van der Waals surface area contributed by atoms with Gasteiger partial charge in [-0.2, -0.15) is 0 Å². The molecule has 0 aliphatic rings. The monoisotopic (exact) mass is 275 g/mol. The van der Waals surface area contributed by atoms with E-state index in [0.29, 0.717) is 25.3 Å². The molecule has 4 heteroatoms. The molecular formula is C16H18FNO2. The molecule has 0 saturated heterocycles. The third kappa shape index (κ3) is 3.96. The predicted octanol–water partition coefficient (Wildman–Crippen LogP) is 2.91. The molecule has 0 amide bonds. The molecule has 0 radical (unpaired) electrons. The van der Waals surface area contributed by atoms with E-state index in [-0.39, 0.29) is 5.82 Å². The van der Waals surface area contributed by atoms with Gasteiger partial charge in [-0.25, -0.2) is 4.39 Å². The van der Waals surface area contributed by atoms with E-state index in [0.717, 1.165) is 16.9 Å². The van der Waals surface area contributed by atoms with Crippen LogP contribution in [0.2, 0.25) is 0 Å². The second-order valence-corrected chi connectivity index (χ2v) is 4.47. The molecular weight excluding hydrogens is 257 g/mol. The van der Waals surface area contributed by atoms with Crippen LogP contribution in [0.5, 0.6) is 11.5 Å². The van der Waals surface area contributed by atoms with Crippen molar-refractivity contribution in [2.24, 2.45) is 5.73 Å². The predicted molar refractivity (Wildman–Crippen MR) is 76.5 cm³/mol. The van der Waals surface area contributed by atoms with Gasteiger partial charge in [0, 0.05) is 6.07 Å². The average Bonchev–Trinajstić information content (AvgIpc) is 2.45. The molecule has 2 aromatic carbocycles. The van der Waals surface area contributed by atoms with Crippen LogP contribution in [0.15, 0.2) is 42.5 Å². The summed E-state index contributed by atoms with van der Waals surface area (Å²) in [6.45, 7) is 0.872. The van der Waals surface area contributed by atoms with Crippen molar-refractivity contribution in [3.8, 4) is 11.5 Å². The Morgan fingerprint density at radius 3 is 2.40 bits per heavy atom. The summed E-state index contributed by atoms with van der Waals surface area (Å²) in [5, 5.41) is 0. The van der Waals surface area contributed by atoms with Gasteiger partial charge in [0.1, 0.15) is 23.9 Å².